The second-order valence-corrected chi connectivity index (χ2v) is 2.53. The van der Waals surface area contributed by atoms with Gasteiger partial charge in [-0.25, -0.2) is 4.98 Å². The number of nitrogens with zero attached hydrogens (tertiary/aromatic N) is 4. The molecule has 0 saturated heterocycles. The van der Waals surface area contributed by atoms with Crippen molar-refractivity contribution in [2.24, 2.45) is 5.73 Å². The maximum Gasteiger partial charge on any atom is 0.285 e. The summed E-state index contributed by atoms with van der Waals surface area (Å²) in [5, 5.41) is 22.7. The molecule has 0 aromatic carbocycles. The maximum atomic E-state index is 9.27. The number of rotatable bonds is 3. The summed E-state index contributed by atoms with van der Waals surface area (Å²) in [6, 6.07) is 0. The number of H-pyrrole nitrogens is 1. The van der Waals surface area contributed by atoms with Gasteiger partial charge in [-0.15, -0.1) is 10.2 Å². The lowest BCUT2D eigenvalue weighted by atomic mass is 10.4. The Bertz CT molecular complexity index is 396. The molecule has 8 nitrogen and oxygen atoms in total. The Morgan fingerprint density at radius 1 is 1.57 bits per heavy atom. The van der Waals surface area contributed by atoms with Gasteiger partial charge in [-0.3, -0.25) is 5.10 Å². The lowest BCUT2D eigenvalue weighted by Crippen LogP contribution is -2.11. The third-order valence-corrected chi connectivity index (χ3v) is 1.57. The minimum absolute atomic E-state index is 0.0258. The zero-order chi connectivity index (χ0) is 9.97. The van der Waals surface area contributed by atoms with Crippen LogP contribution in [0.15, 0.2) is 10.7 Å². The summed E-state index contributed by atoms with van der Waals surface area (Å²) in [7, 11) is 0. The number of aromatic nitrogens is 5. The predicted octanol–water partition coefficient (Wildman–Crippen LogP) is -1.15. The number of aliphatic hydroxyl groups is 1. The van der Waals surface area contributed by atoms with Crippen molar-refractivity contribution in [2.45, 2.75) is 6.10 Å². The molecule has 14 heavy (non-hydrogen) atoms. The van der Waals surface area contributed by atoms with Crippen LogP contribution in [-0.4, -0.2) is 37.0 Å². The van der Waals surface area contributed by atoms with Crippen molar-refractivity contribution in [3.05, 3.63) is 12.2 Å². The summed E-state index contributed by atoms with van der Waals surface area (Å²) in [5.74, 6) is 0.594. The first-order chi connectivity index (χ1) is 6.81. The maximum absolute atomic E-state index is 9.27. The molecule has 0 radical (unpaired) electrons. The number of nitrogens with two attached hydrogens (primary N) is 1. The van der Waals surface area contributed by atoms with Crippen molar-refractivity contribution in [3.8, 4) is 11.7 Å². The number of hydrogen-bond donors (Lipinski definition) is 3. The van der Waals surface area contributed by atoms with Crippen LogP contribution in [0.1, 0.15) is 12.0 Å². The first kappa shape index (κ1) is 8.78. The zero-order valence-electron chi connectivity index (χ0n) is 7.08. The second-order valence-electron chi connectivity index (χ2n) is 2.53. The van der Waals surface area contributed by atoms with Crippen LogP contribution in [0, 0.1) is 0 Å². The van der Waals surface area contributed by atoms with Crippen LogP contribution >= 0.6 is 0 Å². The van der Waals surface area contributed by atoms with Crippen molar-refractivity contribution in [3.63, 3.8) is 0 Å². The highest BCUT2D eigenvalue weighted by atomic mass is 16.4. The lowest BCUT2D eigenvalue weighted by molar-refractivity contribution is 0.152. The third-order valence-electron chi connectivity index (χ3n) is 1.57. The minimum Gasteiger partial charge on any atom is -0.415 e. The van der Waals surface area contributed by atoms with Gasteiger partial charge in [0.05, 0.1) is 0 Å². The number of nitrogens with one attached hydrogen (secondary N) is 1. The minimum atomic E-state index is -0.945. The van der Waals surface area contributed by atoms with E-state index in [1.165, 1.54) is 6.33 Å². The largest absolute Gasteiger partial charge is 0.415 e. The molecule has 74 valence electrons. The topological polar surface area (TPSA) is 127 Å². The van der Waals surface area contributed by atoms with E-state index in [1.807, 2.05) is 0 Å². The molecule has 0 aliphatic rings. The van der Waals surface area contributed by atoms with E-state index >= 15 is 0 Å². The van der Waals surface area contributed by atoms with Gasteiger partial charge in [-0.2, -0.15) is 5.10 Å². The highest BCUT2D eigenvalue weighted by molar-refractivity contribution is 5.36. The van der Waals surface area contributed by atoms with Crippen LogP contribution in [0.4, 0.5) is 0 Å². The highest BCUT2D eigenvalue weighted by Gasteiger charge is 2.16. The Morgan fingerprint density at radius 3 is 3.07 bits per heavy atom. The van der Waals surface area contributed by atoms with Crippen LogP contribution in [0.3, 0.4) is 0 Å². The van der Waals surface area contributed by atoms with Crippen molar-refractivity contribution < 1.29 is 9.52 Å². The second kappa shape index (κ2) is 3.52. The van der Waals surface area contributed by atoms with E-state index in [2.05, 4.69) is 25.4 Å². The van der Waals surface area contributed by atoms with Gasteiger partial charge in [-0.05, 0) is 0 Å². The van der Waals surface area contributed by atoms with Crippen molar-refractivity contribution in [2.75, 3.05) is 6.54 Å². The fourth-order valence-corrected chi connectivity index (χ4v) is 0.874. The summed E-state index contributed by atoms with van der Waals surface area (Å²) in [6.07, 6.45) is 0.373. The van der Waals surface area contributed by atoms with Gasteiger partial charge in [0.15, 0.2) is 0 Å². The molecule has 0 spiro atoms. The molecular weight excluding hydrogens is 188 g/mol. The zero-order valence-corrected chi connectivity index (χ0v) is 7.08. The van der Waals surface area contributed by atoms with E-state index in [4.69, 9.17) is 10.2 Å². The van der Waals surface area contributed by atoms with Crippen molar-refractivity contribution in [1.82, 2.24) is 25.4 Å². The normalized spacial score (nSPS) is 13.0. The van der Waals surface area contributed by atoms with E-state index < -0.39 is 6.10 Å². The number of aliphatic hydroxyl groups excluding tert-OH is 1. The van der Waals surface area contributed by atoms with Crippen LogP contribution < -0.4 is 5.73 Å². The third kappa shape index (κ3) is 1.47. The van der Waals surface area contributed by atoms with E-state index in [1.54, 1.807) is 0 Å². The standard InChI is InChI=1S/C6H8N6O2/c7-1-3(13)5-11-12-6(14-5)4-8-2-9-10-4/h2-3,13H,1,7H2,(H,8,9,10). The Hall–Kier alpha value is -1.80. The smallest absolute Gasteiger partial charge is 0.285 e. The van der Waals surface area contributed by atoms with E-state index in [-0.39, 0.29) is 18.3 Å². The molecule has 2 rings (SSSR count). The average Bonchev–Trinajstić information content (AvgIpc) is 2.86. The first-order valence-electron chi connectivity index (χ1n) is 3.88. The molecule has 0 aliphatic heterocycles. The number of hydrogen-bond acceptors (Lipinski definition) is 7. The lowest BCUT2D eigenvalue weighted by Gasteiger charge is -1.98. The van der Waals surface area contributed by atoms with Gasteiger partial charge in [0.2, 0.25) is 11.7 Å². The van der Waals surface area contributed by atoms with E-state index in [0.29, 0.717) is 5.82 Å². The molecule has 1 unspecified atom stereocenters. The van der Waals surface area contributed by atoms with Gasteiger partial charge < -0.3 is 15.3 Å². The molecule has 2 aromatic rings. The van der Waals surface area contributed by atoms with E-state index in [9.17, 15) is 5.11 Å². The highest BCUT2D eigenvalue weighted by Crippen LogP contribution is 2.15. The average molecular weight is 196 g/mol. The predicted molar refractivity (Wildman–Crippen MR) is 43.7 cm³/mol. The molecule has 4 N–H and O–H groups in total. The van der Waals surface area contributed by atoms with Crippen LogP contribution in [0.5, 0.6) is 0 Å². The van der Waals surface area contributed by atoms with Crippen LogP contribution in [0.2, 0.25) is 0 Å². The van der Waals surface area contributed by atoms with Crippen LogP contribution in [-0.2, 0) is 0 Å². The molecule has 0 aliphatic carbocycles. The Balaban J connectivity index is 2.26. The molecule has 0 saturated carbocycles. The van der Waals surface area contributed by atoms with Gasteiger partial charge in [0, 0.05) is 6.54 Å². The fourth-order valence-electron chi connectivity index (χ4n) is 0.874. The molecule has 0 amide bonds. The van der Waals surface area contributed by atoms with Crippen molar-refractivity contribution in [1.29, 1.82) is 0 Å². The van der Waals surface area contributed by atoms with Gasteiger partial charge >= 0.3 is 0 Å². The first-order valence-corrected chi connectivity index (χ1v) is 3.88. The Labute approximate surface area is 78.2 Å². The Morgan fingerprint density at radius 2 is 2.43 bits per heavy atom. The molecule has 8 heteroatoms. The molecule has 0 bridgehead atoms. The molecule has 2 heterocycles. The summed E-state index contributed by atoms with van der Waals surface area (Å²) < 4.78 is 5.09. The van der Waals surface area contributed by atoms with Gasteiger partial charge in [0.25, 0.3) is 5.89 Å². The molecule has 1 atom stereocenters. The summed E-state index contributed by atoms with van der Waals surface area (Å²) in [4.78, 5) is 3.81. The quantitative estimate of drug-likeness (QED) is 0.565. The molecule has 0 fully saturated rings. The molecule has 2 aromatic heterocycles. The summed E-state index contributed by atoms with van der Waals surface area (Å²) in [6.45, 7) is 0.0258. The summed E-state index contributed by atoms with van der Waals surface area (Å²) >= 11 is 0. The fraction of sp³-hybridized carbons (Fsp3) is 0.333. The van der Waals surface area contributed by atoms with Crippen LogP contribution in [0.25, 0.3) is 11.7 Å². The Kier molecular flexibility index (Phi) is 2.21. The van der Waals surface area contributed by atoms with Gasteiger partial charge in [0.1, 0.15) is 12.4 Å². The van der Waals surface area contributed by atoms with Gasteiger partial charge in [-0.1, -0.05) is 0 Å². The molecular formula is C6H8N6O2. The van der Waals surface area contributed by atoms with E-state index in [0.717, 1.165) is 0 Å². The SMILES string of the molecule is NCC(O)c1nnc(-c2ncn[nH]2)o1. The monoisotopic (exact) mass is 196 g/mol. The number of aromatic amines is 1. The summed E-state index contributed by atoms with van der Waals surface area (Å²) in [5.41, 5.74) is 5.22. The van der Waals surface area contributed by atoms with Crippen molar-refractivity contribution >= 4 is 0 Å².